The Labute approximate surface area is 110 Å². The van der Waals surface area contributed by atoms with Gasteiger partial charge in [0.2, 0.25) is 5.95 Å². The Kier molecular flexibility index (Phi) is 3.50. The van der Waals surface area contributed by atoms with Gasteiger partial charge in [0.15, 0.2) is 0 Å². The SMILES string of the molecule is Cc1cc(C)nc(Nc2ccc(Cl)cc2Cl)n1. The Hall–Kier alpha value is -1.32. The second kappa shape index (κ2) is 4.90. The Bertz CT molecular complexity index is 535. The molecule has 0 saturated carbocycles. The third kappa shape index (κ3) is 3.08. The molecule has 2 rings (SSSR count). The van der Waals surface area contributed by atoms with E-state index < -0.39 is 0 Å². The molecule has 0 spiro atoms. The van der Waals surface area contributed by atoms with Gasteiger partial charge in [-0.1, -0.05) is 23.2 Å². The maximum absolute atomic E-state index is 6.06. The number of hydrogen-bond acceptors (Lipinski definition) is 3. The maximum Gasteiger partial charge on any atom is 0.227 e. The van der Waals surface area contributed by atoms with Crippen molar-refractivity contribution in [3.63, 3.8) is 0 Å². The second-order valence-electron chi connectivity index (χ2n) is 3.72. The highest BCUT2D eigenvalue weighted by atomic mass is 35.5. The molecule has 0 aliphatic heterocycles. The zero-order valence-electron chi connectivity index (χ0n) is 9.46. The van der Waals surface area contributed by atoms with E-state index in [0.29, 0.717) is 16.0 Å². The van der Waals surface area contributed by atoms with Gasteiger partial charge in [0, 0.05) is 16.4 Å². The molecule has 0 saturated heterocycles. The Balaban J connectivity index is 2.31. The molecule has 0 bridgehead atoms. The van der Waals surface area contributed by atoms with Gasteiger partial charge in [-0.3, -0.25) is 0 Å². The van der Waals surface area contributed by atoms with Crippen LogP contribution in [-0.2, 0) is 0 Å². The molecule has 1 N–H and O–H groups in total. The molecule has 0 amide bonds. The molecule has 1 aromatic carbocycles. The number of nitrogens with one attached hydrogen (secondary N) is 1. The van der Waals surface area contributed by atoms with Gasteiger partial charge >= 0.3 is 0 Å². The topological polar surface area (TPSA) is 37.8 Å². The van der Waals surface area contributed by atoms with Crippen LogP contribution in [0.1, 0.15) is 11.4 Å². The third-order valence-corrected chi connectivity index (χ3v) is 2.71. The van der Waals surface area contributed by atoms with E-state index in [2.05, 4.69) is 15.3 Å². The standard InChI is InChI=1S/C12H11Cl2N3/c1-7-5-8(2)16-12(15-7)17-11-4-3-9(13)6-10(11)14/h3-6H,1-2H3,(H,15,16,17). The highest BCUT2D eigenvalue weighted by molar-refractivity contribution is 6.36. The number of aromatic nitrogens is 2. The summed E-state index contributed by atoms with van der Waals surface area (Å²) in [4.78, 5) is 8.56. The van der Waals surface area contributed by atoms with Gasteiger partial charge in [0.1, 0.15) is 0 Å². The first-order valence-corrected chi connectivity index (χ1v) is 5.84. The number of benzene rings is 1. The number of hydrogen-bond donors (Lipinski definition) is 1. The highest BCUT2D eigenvalue weighted by Gasteiger charge is 2.04. The van der Waals surface area contributed by atoms with E-state index in [1.165, 1.54) is 0 Å². The summed E-state index contributed by atoms with van der Waals surface area (Å²) < 4.78 is 0. The molecule has 0 atom stereocenters. The molecule has 2 aromatic rings. The zero-order chi connectivity index (χ0) is 12.4. The summed E-state index contributed by atoms with van der Waals surface area (Å²) in [5, 5.41) is 4.21. The first kappa shape index (κ1) is 12.1. The normalized spacial score (nSPS) is 10.4. The van der Waals surface area contributed by atoms with Gasteiger partial charge in [0.05, 0.1) is 10.7 Å². The van der Waals surface area contributed by atoms with Crippen LogP contribution in [0.25, 0.3) is 0 Å². The second-order valence-corrected chi connectivity index (χ2v) is 4.57. The lowest BCUT2D eigenvalue weighted by Gasteiger charge is -2.08. The smallest absolute Gasteiger partial charge is 0.227 e. The van der Waals surface area contributed by atoms with Crippen molar-refractivity contribution in [2.75, 3.05) is 5.32 Å². The number of anilines is 2. The van der Waals surface area contributed by atoms with Crippen molar-refractivity contribution in [1.82, 2.24) is 9.97 Å². The average molecular weight is 268 g/mol. The first-order valence-electron chi connectivity index (χ1n) is 5.09. The van der Waals surface area contributed by atoms with Crippen molar-refractivity contribution in [1.29, 1.82) is 0 Å². The monoisotopic (exact) mass is 267 g/mol. The van der Waals surface area contributed by atoms with Crippen molar-refractivity contribution in [3.8, 4) is 0 Å². The lowest BCUT2D eigenvalue weighted by Crippen LogP contribution is -2.00. The molecule has 17 heavy (non-hydrogen) atoms. The molecule has 0 radical (unpaired) electrons. The van der Waals surface area contributed by atoms with Crippen molar-refractivity contribution < 1.29 is 0 Å². The van der Waals surface area contributed by atoms with E-state index in [0.717, 1.165) is 17.1 Å². The summed E-state index contributed by atoms with van der Waals surface area (Å²) >= 11 is 11.9. The maximum atomic E-state index is 6.06. The van der Waals surface area contributed by atoms with Crippen LogP contribution in [0, 0.1) is 13.8 Å². The summed E-state index contributed by atoms with van der Waals surface area (Å²) in [6, 6.07) is 7.15. The lowest BCUT2D eigenvalue weighted by molar-refractivity contribution is 1.06. The number of halogens is 2. The molecular weight excluding hydrogens is 257 g/mol. The molecular formula is C12H11Cl2N3. The van der Waals surface area contributed by atoms with Gasteiger partial charge < -0.3 is 5.32 Å². The van der Waals surface area contributed by atoms with Gasteiger partial charge in [-0.15, -0.1) is 0 Å². The molecule has 88 valence electrons. The Morgan fingerprint density at radius 2 is 1.65 bits per heavy atom. The average Bonchev–Trinajstić information content (AvgIpc) is 2.21. The fraction of sp³-hybridized carbons (Fsp3) is 0.167. The molecule has 0 aliphatic carbocycles. The van der Waals surface area contributed by atoms with Crippen LogP contribution < -0.4 is 5.32 Å². The van der Waals surface area contributed by atoms with Crippen molar-refractivity contribution in [2.45, 2.75) is 13.8 Å². The highest BCUT2D eigenvalue weighted by Crippen LogP contribution is 2.27. The van der Waals surface area contributed by atoms with E-state index in [4.69, 9.17) is 23.2 Å². The molecule has 5 heteroatoms. The van der Waals surface area contributed by atoms with E-state index in [1.54, 1.807) is 18.2 Å². The van der Waals surface area contributed by atoms with Gasteiger partial charge in [-0.05, 0) is 38.1 Å². The van der Waals surface area contributed by atoms with Crippen molar-refractivity contribution in [2.24, 2.45) is 0 Å². The van der Waals surface area contributed by atoms with Crippen LogP contribution in [0.3, 0.4) is 0 Å². The zero-order valence-corrected chi connectivity index (χ0v) is 11.0. The minimum absolute atomic E-state index is 0.534. The summed E-state index contributed by atoms with van der Waals surface area (Å²) in [6.45, 7) is 3.84. The Morgan fingerprint density at radius 1 is 1.00 bits per heavy atom. The van der Waals surface area contributed by atoms with E-state index in [1.807, 2.05) is 19.9 Å². The summed E-state index contributed by atoms with van der Waals surface area (Å²) in [6.07, 6.45) is 0. The third-order valence-electron chi connectivity index (χ3n) is 2.16. The fourth-order valence-electron chi connectivity index (χ4n) is 1.49. The van der Waals surface area contributed by atoms with Gasteiger partial charge in [0.25, 0.3) is 0 Å². The van der Waals surface area contributed by atoms with Crippen molar-refractivity contribution in [3.05, 3.63) is 45.7 Å². The van der Waals surface area contributed by atoms with Crippen LogP contribution in [0.5, 0.6) is 0 Å². The fourth-order valence-corrected chi connectivity index (χ4v) is 1.95. The predicted molar refractivity (Wildman–Crippen MR) is 71.3 cm³/mol. The van der Waals surface area contributed by atoms with E-state index in [-0.39, 0.29) is 0 Å². The van der Waals surface area contributed by atoms with Crippen LogP contribution in [0.4, 0.5) is 11.6 Å². The number of aryl methyl sites for hydroxylation is 2. The minimum atomic E-state index is 0.534. The molecule has 0 aliphatic rings. The van der Waals surface area contributed by atoms with Crippen LogP contribution >= 0.6 is 23.2 Å². The molecule has 3 nitrogen and oxygen atoms in total. The Morgan fingerprint density at radius 3 is 2.24 bits per heavy atom. The van der Waals surface area contributed by atoms with Crippen molar-refractivity contribution >= 4 is 34.8 Å². The van der Waals surface area contributed by atoms with Crippen LogP contribution in [0.15, 0.2) is 24.3 Å². The molecule has 1 aromatic heterocycles. The van der Waals surface area contributed by atoms with E-state index >= 15 is 0 Å². The van der Waals surface area contributed by atoms with Crippen LogP contribution in [-0.4, -0.2) is 9.97 Å². The summed E-state index contributed by atoms with van der Waals surface area (Å²) in [5.74, 6) is 0.534. The summed E-state index contributed by atoms with van der Waals surface area (Å²) in [5.41, 5.74) is 2.55. The number of nitrogens with zero attached hydrogens (tertiary/aromatic N) is 2. The van der Waals surface area contributed by atoms with Gasteiger partial charge in [-0.2, -0.15) is 0 Å². The molecule has 0 fully saturated rings. The lowest BCUT2D eigenvalue weighted by atomic mass is 10.3. The number of rotatable bonds is 2. The summed E-state index contributed by atoms with van der Waals surface area (Å²) in [7, 11) is 0. The van der Waals surface area contributed by atoms with Gasteiger partial charge in [-0.25, -0.2) is 9.97 Å². The van der Waals surface area contributed by atoms with Crippen LogP contribution in [0.2, 0.25) is 10.0 Å². The predicted octanol–water partition coefficient (Wildman–Crippen LogP) is 4.14. The first-order chi connectivity index (χ1) is 8.04. The molecule has 0 unspecified atom stereocenters. The largest absolute Gasteiger partial charge is 0.323 e. The minimum Gasteiger partial charge on any atom is -0.323 e. The van der Waals surface area contributed by atoms with E-state index in [9.17, 15) is 0 Å². The molecule has 1 heterocycles. The quantitative estimate of drug-likeness (QED) is 0.889.